The van der Waals surface area contributed by atoms with E-state index in [9.17, 15) is 5.11 Å². The van der Waals surface area contributed by atoms with Crippen LogP contribution in [0, 0.1) is 11.8 Å². The van der Waals surface area contributed by atoms with Gasteiger partial charge in [-0.15, -0.1) is 0 Å². The monoisotopic (exact) mass is 233 g/mol. The Morgan fingerprint density at radius 3 is 2.29 bits per heavy atom. The van der Waals surface area contributed by atoms with Crippen LogP contribution in [0.2, 0.25) is 0 Å². The smallest absolute Gasteiger partial charge is 0.0761 e. The maximum atomic E-state index is 9.48. The fourth-order valence-electron chi connectivity index (χ4n) is 2.53. The van der Waals surface area contributed by atoms with Gasteiger partial charge < -0.3 is 10.0 Å². The van der Waals surface area contributed by atoms with Crippen LogP contribution >= 0.6 is 0 Å². The Morgan fingerprint density at radius 1 is 1.18 bits per heavy atom. The molecule has 1 unspecified atom stereocenters. The van der Waals surface area contributed by atoms with E-state index in [0.717, 1.165) is 23.9 Å². The molecule has 0 spiro atoms. The quantitative estimate of drug-likeness (QED) is 0.866. The van der Waals surface area contributed by atoms with E-state index in [-0.39, 0.29) is 6.10 Å². The van der Waals surface area contributed by atoms with Crippen molar-refractivity contribution in [3.8, 4) is 0 Å². The summed E-state index contributed by atoms with van der Waals surface area (Å²) in [4.78, 5) is 2.45. The Labute approximate surface area is 104 Å². The molecule has 2 nitrogen and oxygen atoms in total. The Bertz CT molecular complexity index is 356. The van der Waals surface area contributed by atoms with Gasteiger partial charge in [-0.2, -0.15) is 0 Å². The average Bonchev–Trinajstić information content (AvgIpc) is 2.78. The largest absolute Gasteiger partial charge is 0.389 e. The number of aliphatic hydroxyl groups is 1. The summed E-state index contributed by atoms with van der Waals surface area (Å²) in [7, 11) is 0. The van der Waals surface area contributed by atoms with Crippen LogP contribution in [0.5, 0.6) is 0 Å². The standard InChI is InChI=1S/C15H23NO/c1-11(2)14-8-9-16(10-14)15-6-4-13(5-7-15)12(3)17/h4-7,11-12,14,17H,8-10H2,1-3H3/t12-,14?/m1/s1. The van der Waals surface area contributed by atoms with Gasteiger partial charge in [0.15, 0.2) is 0 Å². The van der Waals surface area contributed by atoms with Gasteiger partial charge in [0.05, 0.1) is 6.10 Å². The van der Waals surface area contributed by atoms with Crippen molar-refractivity contribution in [3.63, 3.8) is 0 Å². The molecule has 0 aromatic heterocycles. The molecule has 2 heteroatoms. The first kappa shape index (κ1) is 12.4. The third-order valence-electron chi connectivity index (χ3n) is 3.91. The zero-order valence-corrected chi connectivity index (χ0v) is 11.1. The summed E-state index contributed by atoms with van der Waals surface area (Å²) in [6.07, 6.45) is 0.932. The predicted octanol–water partition coefficient (Wildman–Crippen LogP) is 3.22. The van der Waals surface area contributed by atoms with Crippen LogP contribution in [0.4, 0.5) is 5.69 Å². The van der Waals surface area contributed by atoms with Crippen molar-refractivity contribution in [1.82, 2.24) is 0 Å². The average molecular weight is 233 g/mol. The highest BCUT2D eigenvalue weighted by Gasteiger charge is 2.24. The van der Waals surface area contributed by atoms with Gasteiger partial charge in [-0.3, -0.25) is 0 Å². The van der Waals surface area contributed by atoms with Crippen LogP contribution < -0.4 is 4.90 Å². The molecule has 0 aliphatic carbocycles. The molecule has 1 aliphatic rings. The predicted molar refractivity (Wildman–Crippen MR) is 72.2 cm³/mol. The lowest BCUT2D eigenvalue weighted by molar-refractivity contribution is 0.199. The Kier molecular flexibility index (Phi) is 3.72. The molecule has 1 fully saturated rings. The normalized spacial score (nSPS) is 22.2. The van der Waals surface area contributed by atoms with Gasteiger partial charge in [0.1, 0.15) is 0 Å². The molecule has 17 heavy (non-hydrogen) atoms. The summed E-state index contributed by atoms with van der Waals surface area (Å²) in [6, 6.07) is 8.32. The SMILES string of the molecule is CC(C)C1CCN(c2ccc([C@@H](C)O)cc2)C1. The van der Waals surface area contributed by atoms with E-state index < -0.39 is 0 Å². The van der Waals surface area contributed by atoms with E-state index in [1.54, 1.807) is 6.92 Å². The fourth-order valence-corrected chi connectivity index (χ4v) is 2.53. The number of anilines is 1. The lowest BCUT2D eigenvalue weighted by Gasteiger charge is -2.20. The zero-order chi connectivity index (χ0) is 12.4. The summed E-state index contributed by atoms with van der Waals surface area (Å²) in [5, 5.41) is 9.48. The van der Waals surface area contributed by atoms with Crippen LogP contribution in [0.15, 0.2) is 24.3 Å². The minimum atomic E-state index is -0.369. The maximum absolute atomic E-state index is 9.48. The van der Waals surface area contributed by atoms with E-state index in [2.05, 4.69) is 30.9 Å². The first-order valence-electron chi connectivity index (χ1n) is 6.61. The third-order valence-corrected chi connectivity index (χ3v) is 3.91. The summed E-state index contributed by atoms with van der Waals surface area (Å²) in [5.74, 6) is 1.60. The van der Waals surface area contributed by atoms with Gasteiger partial charge >= 0.3 is 0 Å². The molecule has 94 valence electrons. The Hall–Kier alpha value is -1.02. The highest BCUT2D eigenvalue weighted by Crippen LogP contribution is 2.28. The summed E-state index contributed by atoms with van der Waals surface area (Å²) < 4.78 is 0. The molecule has 1 aromatic carbocycles. The molecule has 0 bridgehead atoms. The number of benzene rings is 1. The molecular formula is C15H23NO. The number of hydrogen-bond donors (Lipinski definition) is 1. The second-order valence-corrected chi connectivity index (χ2v) is 5.51. The molecule has 1 heterocycles. The summed E-state index contributed by atoms with van der Waals surface area (Å²) in [5.41, 5.74) is 2.28. The number of aliphatic hydroxyl groups excluding tert-OH is 1. The van der Waals surface area contributed by atoms with Gasteiger partial charge in [0, 0.05) is 18.8 Å². The second kappa shape index (κ2) is 5.09. The highest BCUT2D eigenvalue weighted by molar-refractivity contribution is 5.48. The highest BCUT2D eigenvalue weighted by atomic mass is 16.3. The maximum Gasteiger partial charge on any atom is 0.0761 e. The molecule has 0 amide bonds. The van der Waals surface area contributed by atoms with E-state index >= 15 is 0 Å². The Morgan fingerprint density at radius 2 is 1.82 bits per heavy atom. The van der Waals surface area contributed by atoms with E-state index in [0.29, 0.717) is 0 Å². The van der Waals surface area contributed by atoms with E-state index in [1.165, 1.54) is 18.7 Å². The molecule has 2 atom stereocenters. The molecule has 0 radical (unpaired) electrons. The van der Waals surface area contributed by atoms with Crippen LogP contribution in [-0.2, 0) is 0 Å². The molecule has 1 N–H and O–H groups in total. The van der Waals surface area contributed by atoms with Crippen molar-refractivity contribution in [3.05, 3.63) is 29.8 Å². The molecule has 2 rings (SSSR count). The number of rotatable bonds is 3. The van der Waals surface area contributed by atoms with E-state index in [4.69, 9.17) is 0 Å². The number of nitrogens with zero attached hydrogens (tertiary/aromatic N) is 1. The van der Waals surface area contributed by atoms with Crippen molar-refractivity contribution < 1.29 is 5.11 Å². The van der Waals surface area contributed by atoms with Crippen LogP contribution in [-0.4, -0.2) is 18.2 Å². The van der Waals surface area contributed by atoms with Crippen LogP contribution in [0.25, 0.3) is 0 Å². The van der Waals surface area contributed by atoms with Gasteiger partial charge in [-0.05, 0) is 42.9 Å². The van der Waals surface area contributed by atoms with Gasteiger partial charge in [0.2, 0.25) is 0 Å². The lowest BCUT2D eigenvalue weighted by Crippen LogP contribution is -2.21. The van der Waals surface area contributed by atoms with Crippen molar-refractivity contribution in [2.24, 2.45) is 11.8 Å². The summed E-state index contributed by atoms with van der Waals surface area (Å²) in [6.45, 7) is 8.76. The van der Waals surface area contributed by atoms with Gasteiger partial charge in [0.25, 0.3) is 0 Å². The van der Waals surface area contributed by atoms with Crippen molar-refractivity contribution >= 4 is 5.69 Å². The number of hydrogen-bond acceptors (Lipinski definition) is 2. The van der Waals surface area contributed by atoms with Crippen LogP contribution in [0.3, 0.4) is 0 Å². The minimum Gasteiger partial charge on any atom is -0.389 e. The second-order valence-electron chi connectivity index (χ2n) is 5.51. The van der Waals surface area contributed by atoms with E-state index in [1.807, 2.05) is 12.1 Å². The van der Waals surface area contributed by atoms with Gasteiger partial charge in [-0.1, -0.05) is 26.0 Å². The summed E-state index contributed by atoms with van der Waals surface area (Å²) >= 11 is 0. The molecule has 1 aromatic rings. The molecule has 1 aliphatic heterocycles. The minimum absolute atomic E-state index is 0.369. The fraction of sp³-hybridized carbons (Fsp3) is 0.600. The van der Waals surface area contributed by atoms with Crippen molar-refractivity contribution in [2.45, 2.75) is 33.3 Å². The van der Waals surface area contributed by atoms with Crippen LogP contribution in [0.1, 0.15) is 38.9 Å². The molecule has 0 saturated carbocycles. The first-order valence-corrected chi connectivity index (χ1v) is 6.61. The third kappa shape index (κ3) is 2.81. The zero-order valence-electron chi connectivity index (χ0n) is 11.1. The van der Waals surface area contributed by atoms with Crippen molar-refractivity contribution in [2.75, 3.05) is 18.0 Å². The Balaban J connectivity index is 2.04. The topological polar surface area (TPSA) is 23.5 Å². The van der Waals surface area contributed by atoms with Crippen molar-refractivity contribution in [1.29, 1.82) is 0 Å². The van der Waals surface area contributed by atoms with Gasteiger partial charge in [-0.25, -0.2) is 0 Å². The first-order chi connectivity index (χ1) is 8.08. The lowest BCUT2D eigenvalue weighted by atomic mass is 9.95. The molecule has 1 saturated heterocycles. The molecular weight excluding hydrogens is 210 g/mol.